The van der Waals surface area contributed by atoms with Gasteiger partial charge in [0.2, 0.25) is 0 Å². The Bertz CT molecular complexity index is 1360. The maximum absolute atomic E-state index is 15.1. The zero-order chi connectivity index (χ0) is 24.8. The topological polar surface area (TPSA) is 9.23 Å². The lowest BCUT2D eigenvalue weighted by Gasteiger charge is -2.08. The Hall–Kier alpha value is -3.78. The van der Waals surface area contributed by atoms with E-state index in [1.54, 1.807) is 12.1 Å². The van der Waals surface area contributed by atoms with Crippen LogP contribution in [0.1, 0.15) is 42.9 Å². The van der Waals surface area contributed by atoms with Crippen molar-refractivity contribution in [3.63, 3.8) is 0 Å². The summed E-state index contributed by atoms with van der Waals surface area (Å²) in [6.07, 6.45) is -0.0556. The highest BCUT2D eigenvalue weighted by molar-refractivity contribution is 5.89. The van der Waals surface area contributed by atoms with Crippen LogP contribution in [-0.4, -0.2) is 6.36 Å². The molecule has 0 aliphatic carbocycles. The molecule has 0 unspecified atom stereocenters. The van der Waals surface area contributed by atoms with E-state index in [-0.39, 0.29) is 11.3 Å². The normalized spacial score (nSPS) is 11.2. The molecule has 0 amide bonds. The zero-order valence-corrected chi connectivity index (χ0v) is 19.3. The van der Waals surface area contributed by atoms with Crippen molar-refractivity contribution in [3.05, 3.63) is 101 Å². The van der Waals surface area contributed by atoms with Crippen LogP contribution in [0.5, 0.6) is 5.75 Å². The second-order valence-corrected chi connectivity index (χ2v) is 8.34. The van der Waals surface area contributed by atoms with Gasteiger partial charge in [-0.25, -0.2) is 4.39 Å². The summed E-state index contributed by atoms with van der Waals surface area (Å²) in [7, 11) is 0. The van der Waals surface area contributed by atoms with Crippen LogP contribution in [0, 0.1) is 17.7 Å². The third kappa shape index (κ3) is 6.42. The first-order valence-electron chi connectivity index (χ1n) is 11.5. The quantitative estimate of drug-likeness (QED) is 0.154. The summed E-state index contributed by atoms with van der Waals surface area (Å²) >= 11 is 0. The van der Waals surface area contributed by atoms with Gasteiger partial charge in [0.25, 0.3) is 0 Å². The molecule has 0 N–H and O–H groups in total. The van der Waals surface area contributed by atoms with E-state index in [0.29, 0.717) is 10.9 Å². The number of hydrogen-bond acceptors (Lipinski definition) is 1. The summed E-state index contributed by atoms with van der Waals surface area (Å²) in [5.41, 5.74) is 4.08. The monoisotopic (exact) mass is 476 g/mol. The summed E-state index contributed by atoms with van der Waals surface area (Å²) in [6, 6.07) is 22.7. The average molecular weight is 477 g/mol. The standard InChI is InChI=1S/C30H24F4O/c1-2-3-4-5-21-6-11-23(12-7-21)25-16-19-28-26(20-25)15-14-24(29(28)31)13-8-22-9-17-27(18-10-22)35-30(32,33)34/h6-7,9-12,14-20H,2-5H2,1H3. The molecule has 0 heterocycles. The van der Waals surface area contributed by atoms with Crippen molar-refractivity contribution in [2.24, 2.45) is 0 Å². The van der Waals surface area contributed by atoms with Crippen LogP contribution in [0.2, 0.25) is 0 Å². The summed E-state index contributed by atoms with van der Waals surface area (Å²) in [5, 5.41) is 1.23. The van der Waals surface area contributed by atoms with E-state index in [2.05, 4.69) is 47.8 Å². The molecule has 5 heteroatoms. The van der Waals surface area contributed by atoms with Gasteiger partial charge in [-0.1, -0.05) is 74.1 Å². The first-order chi connectivity index (χ1) is 16.8. The Morgan fingerprint density at radius 1 is 0.771 bits per heavy atom. The maximum atomic E-state index is 15.1. The zero-order valence-electron chi connectivity index (χ0n) is 19.3. The van der Waals surface area contributed by atoms with E-state index in [1.165, 1.54) is 49.1 Å². The lowest BCUT2D eigenvalue weighted by molar-refractivity contribution is -0.274. The smallest absolute Gasteiger partial charge is 0.406 e. The van der Waals surface area contributed by atoms with Gasteiger partial charge in [-0.3, -0.25) is 0 Å². The van der Waals surface area contributed by atoms with Gasteiger partial charge >= 0.3 is 6.36 Å². The minimum atomic E-state index is -4.75. The molecule has 0 aliphatic rings. The fraction of sp³-hybridized carbons (Fsp3) is 0.200. The SMILES string of the molecule is CCCCCc1ccc(-c2ccc3c(F)c(C#Cc4ccc(OC(F)(F)F)cc4)ccc3c2)cc1. The van der Waals surface area contributed by atoms with Crippen LogP contribution in [0.3, 0.4) is 0 Å². The predicted molar refractivity (Wildman–Crippen MR) is 132 cm³/mol. The van der Waals surface area contributed by atoms with Crippen molar-refractivity contribution in [2.45, 2.75) is 39.0 Å². The van der Waals surface area contributed by atoms with Gasteiger partial charge in [0.1, 0.15) is 11.6 Å². The number of benzene rings is 4. The second kappa shape index (κ2) is 10.7. The number of rotatable bonds is 6. The van der Waals surface area contributed by atoms with E-state index in [4.69, 9.17) is 0 Å². The van der Waals surface area contributed by atoms with Gasteiger partial charge in [-0.2, -0.15) is 0 Å². The summed E-state index contributed by atoms with van der Waals surface area (Å²) in [5.74, 6) is 4.81. The molecular formula is C30H24F4O. The second-order valence-electron chi connectivity index (χ2n) is 8.34. The average Bonchev–Trinajstić information content (AvgIpc) is 2.84. The van der Waals surface area contributed by atoms with Crippen LogP contribution in [0.25, 0.3) is 21.9 Å². The fourth-order valence-corrected chi connectivity index (χ4v) is 3.89. The Labute approximate surface area is 202 Å². The molecule has 35 heavy (non-hydrogen) atoms. The van der Waals surface area contributed by atoms with Crippen LogP contribution < -0.4 is 4.74 Å². The molecule has 4 rings (SSSR count). The van der Waals surface area contributed by atoms with Crippen molar-refractivity contribution < 1.29 is 22.3 Å². The van der Waals surface area contributed by atoms with Crippen molar-refractivity contribution in [3.8, 4) is 28.7 Å². The van der Waals surface area contributed by atoms with Gasteiger partial charge in [-0.05, 0) is 71.3 Å². The van der Waals surface area contributed by atoms with Gasteiger partial charge in [0.05, 0.1) is 5.56 Å². The van der Waals surface area contributed by atoms with Crippen LogP contribution >= 0.6 is 0 Å². The number of alkyl halides is 3. The molecule has 0 aliphatic heterocycles. The minimum Gasteiger partial charge on any atom is -0.406 e. The number of fused-ring (bicyclic) bond motifs is 1. The molecule has 0 saturated carbocycles. The molecule has 0 atom stereocenters. The summed E-state index contributed by atoms with van der Waals surface area (Å²) < 4.78 is 55.8. The van der Waals surface area contributed by atoms with Crippen molar-refractivity contribution in [1.82, 2.24) is 0 Å². The third-order valence-corrected chi connectivity index (χ3v) is 5.74. The van der Waals surface area contributed by atoms with E-state index in [0.717, 1.165) is 22.9 Å². The lowest BCUT2D eigenvalue weighted by Crippen LogP contribution is -2.16. The molecular weight excluding hydrogens is 452 g/mol. The minimum absolute atomic E-state index is 0.220. The van der Waals surface area contributed by atoms with E-state index in [9.17, 15) is 13.2 Å². The Morgan fingerprint density at radius 3 is 2.17 bits per heavy atom. The van der Waals surface area contributed by atoms with Crippen molar-refractivity contribution in [2.75, 3.05) is 0 Å². The first kappa shape index (κ1) is 24.3. The van der Waals surface area contributed by atoms with Gasteiger partial charge < -0.3 is 4.74 Å². The fourth-order valence-electron chi connectivity index (χ4n) is 3.89. The molecule has 4 aromatic rings. The number of aryl methyl sites for hydroxylation is 1. The van der Waals surface area contributed by atoms with E-state index in [1.807, 2.05) is 18.2 Å². The number of ether oxygens (including phenoxy) is 1. The first-order valence-corrected chi connectivity index (χ1v) is 11.5. The Kier molecular flexibility index (Phi) is 7.41. The summed E-state index contributed by atoms with van der Waals surface area (Å²) in [6.45, 7) is 2.19. The molecule has 0 saturated heterocycles. The van der Waals surface area contributed by atoms with E-state index < -0.39 is 12.2 Å². The summed E-state index contributed by atoms with van der Waals surface area (Å²) in [4.78, 5) is 0. The van der Waals surface area contributed by atoms with Crippen LogP contribution in [0.4, 0.5) is 17.6 Å². The van der Waals surface area contributed by atoms with Crippen LogP contribution in [0.15, 0.2) is 78.9 Å². The number of hydrogen-bond donors (Lipinski definition) is 0. The Balaban J connectivity index is 1.52. The number of unbranched alkanes of at least 4 members (excludes halogenated alkanes) is 2. The molecule has 0 aromatic heterocycles. The molecule has 0 bridgehead atoms. The molecule has 0 spiro atoms. The van der Waals surface area contributed by atoms with Crippen LogP contribution in [-0.2, 0) is 6.42 Å². The molecule has 0 fully saturated rings. The molecule has 1 nitrogen and oxygen atoms in total. The van der Waals surface area contributed by atoms with Crippen molar-refractivity contribution >= 4 is 10.8 Å². The lowest BCUT2D eigenvalue weighted by atomic mass is 9.98. The Morgan fingerprint density at radius 2 is 1.49 bits per heavy atom. The molecule has 178 valence electrons. The van der Waals surface area contributed by atoms with Gasteiger partial charge in [0, 0.05) is 10.9 Å². The number of halogens is 4. The third-order valence-electron chi connectivity index (χ3n) is 5.74. The molecule has 4 aromatic carbocycles. The highest BCUT2D eigenvalue weighted by atomic mass is 19.4. The van der Waals surface area contributed by atoms with E-state index >= 15 is 4.39 Å². The highest BCUT2D eigenvalue weighted by Gasteiger charge is 2.30. The molecule has 0 radical (unpaired) electrons. The maximum Gasteiger partial charge on any atom is 0.573 e. The largest absolute Gasteiger partial charge is 0.573 e. The van der Waals surface area contributed by atoms with Gasteiger partial charge in [-0.15, -0.1) is 13.2 Å². The predicted octanol–water partition coefficient (Wildman–Crippen LogP) is 8.68. The highest BCUT2D eigenvalue weighted by Crippen LogP contribution is 2.28. The van der Waals surface area contributed by atoms with Gasteiger partial charge in [0.15, 0.2) is 0 Å². The van der Waals surface area contributed by atoms with Crippen molar-refractivity contribution in [1.29, 1.82) is 0 Å².